The van der Waals surface area contributed by atoms with Gasteiger partial charge in [0, 0.05) is 6.42 Å². The van der Waals surface area contributed by atoms with Crippen LogP contribution in [0.4, 0.5) is 0 Å². The summed E-state index contributed by atoms with van der Waals surface area (Å²) in [6, 6.07) is 0. The molecule has 0 amide bonds. The molecule has 0 aliphatic rings. The molecule has 0 aromatic heterocycles. The Bertz CT molecular complexity index is 384. The highest BCUT2D eigenvalue weighted by Crippen LogP contribution is 2.28. The number of aliphatic hydroxyl groups is 3. The number of carboxylic acid groups (broad SMARTS) is 1. The number of carboxylic acids is 1. The van der Waals surface area contributed by atoms with Crippen molar-refractivity contribution in [2.45, 2.75) is 110 Å². The van der Waals surface area contributed by atoms with E-state index < -0.39 is 39.8 Å². The van der Waals surface area contributed by atoms with Crippen LogP contribution in [0.25, 0.3) is 0 Å². The van der Waals surface area contributed by atoms with Gasteiger partial charge in [-0.15, -0.1) is 0 Å². The fraction of sp³-hybridized carbons (Fsp3) is 0.957. The number of rotatable bonds is 22. The van der Waals surface area contributed by atoms with Gasteiger partial charge >= 0.3 is 14.6 Å². The van der Waals surface area contributed by atoms with Crippen molar-refractivity contribution in [2.24, 2.45) is 5.41 Å². The van der Waals surface area contributed by atoms with E-state index in [1.54, 1.807) is 0 Å². The molecule has 0 radical (unpaired) electrons. The van der Waals surface area contributed by atoms with Crippen LogP contribution < -0.4 is 0 Å². The molecule has 0 aliphatic heterocycles. The third kappa shape index (κ3) is 24.3. The topological polar surface area (TPSA) is 148 Å². The van der Waals surface area contributed by atoms with Crippen LogP contribution >= 0.6 is 8.60 Å². The molecule has 194 valence electrons. The zero-order valence-corrected chi connectivity index (χ0v) is 21.0. The highest BCUT2D eigenvalue weighted by Gasteiger charge is 2.29. The lowest BCUT2D eigenvalue weighted by atomic mass is 9.93. The molecule has 8 nitrogen and oxygen atoms in total. The molecular weight excluding hydrogens is 435 g/mol. The van der Waals surface area contributed by atoms with Crippen LogP contribution in [0.1, 0.15) is 110 Å². The first-order valence-corrected chi connectivity index (χ1v) is 13.4. The number of aliphatic carboxylic acids is 1. The van der Waals surface area contributed by atoms with Gasteiger partial charge in [-0.05, 0) is 6.42 Å². The van der Waals surface area contributed by atoms with Crippen LogP contribution in [-0.2, 0) is 9.32 Å². The van der Waals surface area contributed by atoms with Crippen LogP contribution in [0.3, 0.4) is 0 Å². The van der Waals surface area contributed by atoms with Gasteiger partial charge in [-0.25, -0.2) is 0 Å². The maximum atomic E-state index is 10.3. The SMILES string of the molecule is CCCCCCCCCCCCCCCCCC(=O)O.OCC(CO)(CO)COP(O)O. The van der Waals surface area contributed by atoms with Crippen molar-refractivity contribution in [3.63, 3.8) is 0 Å². The van der Waals surface area contributed by atoms with Crippen LogP contribution in [0.5, 0.6) is 0 Å². The molecule has 0 aromatic rings. The molecule has 32 heavy (non-hydrogen) atoms. The maximum Gasteiger partial charge on any atom is 0.327 e. The van der Waals surface area contributed by atoms with Gasteiger partial charge < -0.3 is 34.7 Å². The quantitative estimate of drug-likeness (QED) is 0.0971. The fourth-order valence-electron chi connectivity index (χ4n) is 3.13. The van der Waals surface area contributed by atoms with Crippen molar-refractivity contribution < 1.29 is 39.5 Å². The Kier molecular flexibility index (Phi) is 26.7. The Hall–Kier alpha value is -0.340. The van der Waals surface area contributed by atoms with Gasteiger partial charge in [0.1, 0.15) is 0 Å². The number of hydrogen-bond donors (Lipinski definition) is 6. The van der Waals surface area contributed by atoms with E-state index in [0.29, 0.717) is 6.42 Å². The number of carbonyl (C=O) groups is 1. The molecule has 0 fully saturated rings. The minimum absolute atomic E-state index is 0.296. The minimum Gasteiger partial charge on any atom is -0.481 e. The molecule has 0 saturated heterocycles. The lowest BCUT2D eigenvalue weighted by Gasteiger charge is -2.26. The van der Waals surface area contributed by atoms with Crippen LogP contribution in [0.15, 0.2) is 0 Å². The van der Waals surface area contributed by atoms with E-state index in [2.05, 4.69) is 11.4 Å². The molecule has 6 N–H and O–H groups in total. The van der Waals surface area contributed by atoms with Crippen molar-refractivity contribution in [1.29, 1.82) is 0 Å². The van der Waals surface area contributed by atoms with Crippen molar-refractivity contribution >= 4 is 14.6 Å². The molecule has 0 spiro atoms. The van der Waals surface area contributed by atoms with E-state index in [9.17, 15) is 4.79 Å². The summed E-state index contributed by atoms with van der Waals surface area (Å²) in [6.45, 7) is 0.525. The van der Waals surface area contributed by atoms with Crippen molar-refractivity contribution in [3.05, 3.63) is 0 Å². The van der Waals surface area contributed by atoms with Crippen LogP contribution in [0, 0.1) is 5.41 Å². The van der Waals surface area contributed by atoms with Crippen molar-refractivity contribution in [3.8, 4) is 0 Å². The van der Waals surface area contributed by atoms with E-state index in [0.717, 1.165) is 12.8 Å². The van der Waals surface area contributed by atoms with E-state index in [1.807, 2.05) is 0 Å². The van der Waals surface area contributed by atoms with E-state index in [1.165, 1.54) is 83.5 Å². The summed E-state index contributed by atoms with van der Waals surface area (Å²) in [7, 11) is -2.52. The minimum atomic E-state index is -2.52. The highest BCUT2D eigenvalue weighted by atomic mass is 31.2. The van der Waals surface area contributed by atoms with Crippen LogP contribution in [-0.4, -0.2) is 62.6 Å². The van der Waals surface area contributed by atoms with Crippen LogP contribution in [0.2, 0.25) is 0 Å². The summed E-state index contributed by atoms with van der Waals surface area (Å²) in [5.41, 5.74) is -1.20. The van der Waals surface area contributed by atoms with Crippen molar-refractivity contribution in [1.82, 2.24) is 0 Å². The fourth-order valence-corrected chi connectivity index (χ4v) is 3.52. The summed E-state index contributed by atoms with van der Waals surface area (Å²) in [5, 5.41) is 34.7. The number of unbranched alkanes of at least 4 members (excludes halogenated alkanes) is 14. The Morgan fingerprint density at radius 3 is 1.31 bits per heavy atom. The predicted molar refractivity (Wildman–Crippen MR) is 128 cm³/mol. The Labute approximate surface area is 196 Å². The van der Waals surface area contributed by atoms with Gasteiger partial charge in [-0.3, -0.25) is 4.79 Å². The molecule has 0 unspecified atom stereocenters. The first-order valence-electron chi connectivity index (χ1n) is 12.2. The largest absolute Gasteiger partial charge is 0.481 e. The molecule has 9 heteroatoms. The third-order valence-electron chi connectivity index (χ3n) is 5.49. The second-order valence-corrected chi connectivity index (χ2v) is 9.36. The molecule has 0 aromatic carbocycles. The predicted octanol–water partition coefficient (Wildman–Crippen LogP) is 4.51. The Morgan fingerprint density at radius 2 is 1.03 bits per heavy atom. The van der Waals surface area contributed by atoms with Gasteiger partial charge in [0.15, 0.2) is 0 Å². The number of hydrogen-bond acceptors (Lipinski definition) is 7. The normalized spacial score (nSPS) is 11.5. The van der Waals surface area contributed by atoms with E-state index in [-0.39, 0.29) is 6.61 Å². The molecule has 0 rings (SSSR count). The second-order valence-electron chi connectivity index (χ2n) is 8.59. The highest BCUT2D eigenvalue weighted by molar-refractivity contribution is 7.39. The van der Waals surface area contributed by atoms with Crippen molar-refractivity contribution in [2.75, 3.05) is 26.4 Å². The van der Waals surface area contributed by atoms with E-state index in [4.69, 9.17) is 30.2 Å². The molecular formula is C23H49O8P. The summed E-state index contributed by atoms with van der Waals surface area (Å²) in [6.07, 6.45) is 20.2. The summed E-state index contributed by atoms with van der Waals surface area (Å²) in [4.78, 5) is 27.0. The molecule has 0 heterocycles. The summed E-state index contributed by atoms with van der Waals surface area (Å²) in [5.74, 6) is -0.653. The zero-order chi connectivity index (χ0) is 24.5. The monoisotopic (exact) mass is 484 g/mol. The number of aliphatic hydroxyl groups excluding tert-OH is 3. The van der Waals surface area contributed by atoms with Gasteiger partial charge in [0.25, 0.3) is 0 Å². The average molecular weight is 485 g/mol. The average Bonchev–Trinajstić information content (AvgIpc) is 2.78. The molecule has 0 atom stereocenters. The molecule has 0 aliphatic carbocycles. The molecule has 0 saturated carbocycles. The smallest absolute Gasteiger partial charge is 0.327 e. The van der Waals surface area contributed by atoms with Gasteiger partial charge in [0.2, 0.25) is 0 Å². The summed E-state index contributed by atoms with van der Waals surface area (Å²) >= 11 is 0. The summed E-state index contributed by atoms with van der Waals surface area (Å²) < 4.78 is 4.38. The first-order chi connectivity index (χ1) is 15.4. The lowest BCUT2D eigenvalue weighted by molar-refractivity contribution is -0.137. The maximum absolute atomic E-state index is 10.3. The van der Waals surface area contributed by atoms with Gasteiger partial charge in [0.05, 0.1) is 31.8 Å². The third-order valence-corrected chi connectivity index (χ3v) is 5.85. The Balaban J connectivity index is 0. The second kappa shape index (κ2) is 25.3. The molecule has 0 bridgehead atoms. The lowest BCUT2D eigenvalue weighted by Crippen LogP contribution is -2.38. The van der Waals surface area contributed by atoms with Gasteiger partial charge in [-0.1, -0.05) is 96.8 Å². The first kappa shape index (κ1) is 33.8. The van der Waals surface area contributed by atoms with E-state index >= 15 is 0 Å². The Morgan fingerprint density at radius 1 is 0.688 bits per heavy atom. The standard InChI is InChI=1S/C18H36O2.C5H13O6P/c1-2-3-4-5-6-7-8-9-10-11-12-13-14-15-16-17-18(19)20;6-1-5(2-7,3-8)4-11-12(9)10/h2-17H2,1H3,(H,19,20);6-10H,1-4H2. The zero-order valence-electron chi connectivity index (χ0n) is 20.1. The van der Waals surface area contributed by atoms with Gasteiger partial charge in [-0.2, -0.15) is 0 Å².